The third-order valence-corrected chi connectivity index (χ3v) is 2.26. The maximum Gasteiger partial charge on any atom is 0.490 e. The zero-order valence-electron chi connectivity index (χ0n) is 9.40. The number of ether oxygens (including phenoxy) is 2. The molecule has 1 unspecified atom stereocenters. The van der Waals surface area contributed by atoms with Crippen molar-refractivity contribution in [3.63, 3.8) is 0 Å². The second-order valence-corrected chi connectivity index (χ2v) is 3.73. The lowest BCUT2D eigenvalue weighted by Gasteiger charge is -2.32. The average Bonchev–Trinajstić information content (AvgIpc) is 2.27. The molecule has 18 heavy (non-hydrogen) atoms. The molecular weight excluding hydrogens is 257 g/mol. The van der Waals surface area contributed by atoms with E-state index in [1.807, 2.05) is 0 Å². The molecule has 0 amide bonds. The van der Waals surface area contributed by atoms with Crippen LogP contribution in [-0.4, -0.2) is 61.9 Å². The molecule has 1 aliphatic heterocycles. The molecule has 1 fully saturated rings. The van der Waals surface area contributed by atoms with Gasteiger partial charge in [0.2, 0.25) is 0 Å². The summed E-state index contributed by atoms with van der Waals surface area (Å²) >= 11 is 0. The highest BCUT2D eigenvalue weighted by atomic mass is 19.4. The molecule has 1 atom stereocenters. The van der Waals surface area contributed by atoms with Crippen LogP contribution in [0.2, 0.25) is 0 Å². The van der Waals surface area contributed by atoms with Gasteiger partial charge in [-0.1, -0.05) is 0 Å². The highest BCUT2D eigenvalue weighted by molar-refractivity contribution is 5.85. The van der Waals surface area contributed by atoms with Crippen molar-refractivity contribution in [1.82, 2.24) is 4.90 Å². The summed E-state index contributed by atoms with van der Waals surface area (Å²) in [6.45, 7) is -0.0445. The molecule has 9 heteroatoms. The molecule has 0 radical (unpaired) electrons. The number of carbonyl (C=O) groups is 2. The molecule has 1 aliphatic rings. The zero-order chi connectivity index (χ0) is 13.8. The fraction of sp³-hybridized carbons (Fsp3) is 0.778. The van der Waals surface area contributed by atoms with Crippen LogP contribution in [0.1, 0.15) is 0 Å². The molecule has 104 valence electrons. The van der Waals surface area contributed by atoms with E-state index in [4.69, 9.17) is 10.5 Å². The predicted molar refractivity (Wildman–Crippen MR) is 52.4 cm³/mol. The number of rotatable bonds is 4. The van der Waals surface area contributed by atoms with Crippen molar-refractivity contribution in [2.24, 2.45) is 5.73 Å². The van der Waals surface area contributed by atoms with Gasteiger partial charge in [-0.05, 0) is 0 Å². The Bertz CT molecular complexity index is 321. The van der Waals surface area contributed by atoms with E-state index in [0.717, 1.165) is 0 Å². The number of halogens is 3. The Morgan fingerprint density at radius 3 is 2.67 bits per heavy atom. The first-order valence-electron chi connectivity index (χ1n) is 5.13. The van der Waals surface area contributed by atoms with Crippen LogP contribution in [0.5, 0.6) is 0 Å². The van der Waals surface area contributed by atoms with Crippen molar-refractivity contribution in [2.75, 3.05) is 32.9 Å². The fourth-order valence-electron chi connectivity index (χ4n) is 1.35. The van der Waals surface area contributed by atoms with E-state index >= 15 is 0 Å². The Morgan fingerprint density at radius 2 is 2.11 bits per heavy atom. The van der Waals surface area contributed by atoms with Gasteiger partial charge < -0.3 is 15.2 Å². The van der Waals surface area contributed by atoms with Crippen LogP contribution in [0, 0.1) is 0 Å². The zero-order valence-corrected chi connectivity index (χ0v) is 9.40. The standard InChI is InChI=1S/C9H13F3N2O4/c10-9(11,12)8(16)18-4-6(15)3-14-1-2-17-5-7(14)13/h7H,1-5,13H2. The van der Waals surface area contributed by atoms with Crippen molar-refractivity contribution < 1.29 is 32.2 Å². The Hall–Kier alpha value is -1.19. The summed E-state index contributed by atoms with van der Waals surface area (Å²) in [6, 6.07) is 0. The van der Waals surface area contributed by atoms with Gasteiger partial charge in [-0.25, -0.2) is 4.79 Å². The molecule has 1 heterocycles. The van der Waals surface area contributed by atoms with Crippen LogP contribution in [0.25, 0.3) is 0 Å². The Labute approximate surface area is 101 Å². The van der Waals surface area contributed by atoms with Gasteiger partial charge >= 0.3 is 12.1 Å². The third-order valence-electron chi connectivity index (χ3n) is 2.26. The Balaban J connectivity index is 2.31. The van der Waals surface area contributed by atoms with Crippen molar-refractivity contribution in [2.45, 2.75) is 12.3 Å². The summed E-state index contributed by atoms with van der Waals surface area (Å²) in [5.41, 5.74) is 5.61. The van der Waals surface area contributed by atoms with Gasteiger partial charge in [0.1, 0.15) is 0 Å². The first kappa shape index (κ1) is 14.9. The molecule has 0 saturated carbocycles. The van der Waals surface area contributed by atoms with Gasteiger partial charge in [0.05, 0.1) is 25.9 Å². The van der Waals surface area contributed by atoms with Gasteiger partial charge in [0.15, 0.2) is 12.4 Å². The van der Waals surface area contributed by atoms with Gasteiger partial charge in [-0.3, -0.25) is 9.69 Å². The quantitative estimate of drug-likeness (QED) is 0.679. The minimum absolute atomic E-state index is 0.171. The maximum atomic E-state index is 11.8. The lowest BCUT2D eigenvalue weighted by molar-refractivity contribution is -0.199. The molecule has 0 bridgehead atoms. The summed E-state index contributed by atoms with van der Waals surface area (Å²) in [6.07, 6.45) is -5.57. The molecule has 1 rings (SSSR count). The molecule has 6 nitrogen and oxygen atoms in total. The molecule has 2 N–H and O–H groups in total. The first-order chi connectivity index (χ1) is 8.30. The van der Waals surface area contributed by atoms with Crippen LogP contribution >= 0.6 is 0 Å². The van der Waals surface area contributed by atoms with Crippen molar-refractivity contribution >= 4 is 11.8 Å². The highest BCUT2D eigenvalue weighted by Crippen LogP contribution is 2.16. The molecule has 0 aromatic carbocycles. The summed E-state index contributed by atoms with van der Waals surface area (Å²) < 4.78 is 44.2. The monoisotopic (exact) mass is 270 g/mol. The first-order valence-corrected chi connectivity index (χ1v) is 5.13. The van der Waals surface area contributed by atoms with Crippen molar-refractivity contribution in [3.8, 4) is 0 Å². The number of esters is 1. The van der Waals surface area contributed by atoms with Crippen LogP contribution < -0.4 is 5.73 Å². The lowest BCUT2D eigenvalue weighted by Crippen LogP contribution is -2.52. The number of alkyl halides is 3. The number of ketones is 1. The van der Waals surface area contributed by atoms with E-state index in [9.17, 15) is 22.8 Å². The van der Waals surface area contributed by atoms with E-state index in [2.05, 4.69) is 4.74 Å². The minimum atomic E-state index is -5.09. The Kier molecular flexibility index (Phi) is 5.05. The van der Waals surface area contributed by atoms with Gasteiger partial charge in [-0.15, -0.1) is 0 Å². The van der Waals surface area contributed by atoms with Crippen molar-refractivity contribution in [3.05, 3.63) is 0 Å². The van der Waals surface area contributed by atoms with Gasteiger partial charge in [-0.2, -0.15) is 13.2 Å². The van der Waals surface area contributed by atoms with Gasteiger partial charge in [0, 0.05) is 6.54 Å². The third kappa shape index (κ3) is 4.59. The maximum absolute atomic E-state index is 11.8. The highest BCUT2D eigenvalue weighted by Gasteiger charge is 2.41. The molecule has 0 spiro atoms. The number of hydrogen-bond donors (Lipinski definition) is 1. The molecule has 0 aliphatic carbocycles. The molecule has 1 saturated heterocycles. The van der Waals surface area contributed by atoms with Crippen LogP contribution in [-0.2, 0) is 19.1 Å². The number of nitrogens with zero attached hydrogens (tertiary/aromatic N) is 1. The molecule has 0 aromatic rings. The average molecular weight is 270 g/mol. The van der Waals surface area contributed by atoms with Crippen LogP contribution in [0.3, 0.4) is 0 Å². The van der Waals surface area contributed by atoms with E-state index < -0.39 is 30.7 Å². The Morgan fingerprint density at radius 1 is 1.44 bits per heavy atom. The number of nitrogens with two attached hydrogens (primary N) is 1. The second-order valence-electron chi connectivity index (χ2n) is 3.73. The summed E-state index contributed by atoms with van der Waals surface area (Å²) in [7, 11) is 0. The van der Waals surface area contributed by atoms with E-state index in [1.54, 1.807) is 4.90 Å². The van der Waals surface area contributed by atoms with Gasteiger partial charge in [0.25, 0.3) is 0 Å². The summed E-state index contributed by atoms with van der Waals surface area (Å²) in [5, 5.41) is 0. The number of morpholine rings is 1. The summed E-state index contributed by atoms with van der Waals surface area (Å²) in [5.74, 6) is -3.02. The molecule has 0 aromatic heterocycles. The SMILES string of the molecule is NC1COCCN1CC(=O)COC(=O)C(F)(F)F. The van der Waals surface area contributed by atoms with E-state index in [1.165, 1.54) is 0 Å². The summed E-state index contributed by atoms with van der Waals surface area (Å²) in [4.78, 5) is 23.2. The topological polar surface area (TPSA) is 81.9 Å². The number of hydrogen-bond acceptors (Lipinski definition) is 6. The smallest absolute Gasteiger partial charge is 0.451 e. The fourth-order valence-corrected chi connectivity index (χ4v) is 1.35. The largest absolute Gasteiger partial charge is 0.490 e. The molecular formula is C9H13F3N2O4. The lowest BCUT2D eigenvalue weighted by atomic mass is 10.3. The van der Waals surface area contributed by atoms with E-state index in [0.29, 0.717) is 13.2 Å². The minimum Gasteiger partial charge on any atom is -0.451 e. The van der Waals surface area contributed by atoms with E-state index in [-0.39, 0.29) is 13.2 Å². The number of Topliss-reactive ketones (excluding diaryl/α,β-unsaturated/α-hetero) is 1. The normalized spacial score (nSPS) is 21.7. The second kappa shape index (κ2) is 6.12. The number of carbonyl (C=O) groups excluding carboxylic acids is 2. The van der Waals surface area contributed by atoms with Crippen LogP contribution in [0.15, 0.2) is 0 Å². The predicted octanol–water partition coefficient (Wildman–Crippen LogP) is -0.722. The van der Waals surface area contributed by atoms with Crippen LogP contribution in [0.4, 0.5) is 13.2 Å². The van der Waals surface area contributed by atoms with Crippen molar-refractivity contribution in [1.29, 1.82) is 0 Å².